The predicted molar refractivity (Wildman–Crippen MR) is 188 cm³/mol. The van der Waals surface area contributed by atoms with Crippen molar-refractivity contribution in [3.05, 3.63) is 108 Å². The molecule has 0 aliphatic heterocycles. The normalized spacial score (nSPS) is 14.9. The Morgan fingerprint density at radius 3 is 2.51 bits per heavy atom. The van der Waals surface area contributed by atoms with Crippen molar-refractivity contribution in [3.8, 4) is 5.75 Å². The van der Waals surface area contributed by atoms with Crippen LogP contribution in [-0.4, -0.2) is 57.3 Å². The smallest absolute Gasteiger partial charge is 0.310 e. The van der Waals surface area contributed by atoms with Gasteiger partial charge < -0.3 is 19.3 Å². The summed E-state index contributed by atoms with van der Waals surface area (Å²) in [6.07, 6.45) is 5.35. The van der Waals surface area contributed by atoms with Gasteiger partial charge in [-0.25, -0.2) is 20.0 Å². The van der Waals surface area contributed by atoms with E-state index in [1.807, 2.05) is 74.4 Å². The number of carboxylic acids is 1. The number of aliphatic imine (C=N–C) groups is 2. The molecule has 1 N–H and O–H groups in total. The standard InChI is InChI=1S/C38H40N6O3/c1-26(23-40-37(39-2)43(3)4)28-13-11-27(12-14-28)24-44-34-18-17-31(47-25-30-16-15-29-9-5-6-10-32(29)41-30)21-33(34)42-35(44)22-38(36(45)46)19-7-8-20-38/h5-6,9-18,21,23H,2,7-8,19-20,22,24-25H2,1,3-4H3,(H,45,46)/b26-23+,40-37+. The number of para-hydroxylation sites is 1. The molecule has 1 aliphatic carbocycles. The van der Waals surface area contributed by atoms with Crippen molar-refractivity contribution in [2.45, 2.75) is 52.2 Å². The van der Waals surface area contributed by atoms with Crippen LogP contribution in [0.4, 0.5) is 0 Å². The molecular weight excluding hydrogens is 588 g/mol. The Morgan fingerprint density at radius 2 is 1.79 bits per heavy atom. The van der Waals surface area contributed by atoms with E-state index < -0.39 is 11.4 Å². The number of ether oxygens (including phenoxy) is 1. The SMILES string of the molecule is C=N/C(=N\C=C(/C)c1ccc(Cn2c(CC3(C(=O)O)CCCC3)nc3cc(OCc4ccc5ccccc5n4)ccc32)cc1)N(C)C. The number of guanidine groups is 1. The highest BCUT2D eigenvalue weighted by Crippen LogP contribution is 2.42. The molecule has 0 atom stereocenters. The molecule has 47 heavy (non-hydrogen) atoms. The van der Waals surface area contributed by atoms with E-state index >= 15 is 0 Å². The summed E-state index contributed by atoms with van der Waals surface area (Å²) in [4.78, 5) is 32.5. The minimum atomic E-state index is -0.793. The minimum Gasteiger partial charge on any atom is -0.487 e. The molecule has 1 aliphatic rings. The van der Waals surface area contributed by atoms with Gasteiger partial charge in [0.1, 0.15) is 18.2 Å². The average Bonchev–Trinajstić information content (AvgIpc) is 3.69. The number of pyridine rings is 1. The zero-order valence-electron chi connectivity index (χ0n) is 27.2. The molecule has 9 nitrogen and oxygen atoms in total. The van der Waals surface area contributed by atoms with Crippen molar-refractivity contribution < 1.29 is 14.6 Å². The number of imidazole rings is 1. The second kappa shape index (κ2) is 13.6. The van der Waals surface area contributed by atoms with Crippen LogP contribution in [-0.2, 0) is 24.4 Å². The summed E-state index contributed by atoms with van der Waals surface area (Å²) in [7, 11) is 3.75. The number of carbonyl (C=O) groups is 1. The second-order valence-electron chi connectivity index (χ2n) is 12.5. The van der Waals surface area contributed by atoms with Crippen LogP contribution in [0, 0.1) is 5.41 Å². The van der Waals surface area contributed by atoms with Crippen LogP contribution >= 0.6 is 0 Å². The Hall–Kier alpha value is -5.31. The average molecular weight is 629 g/mol. The van der Waals surface area contributed by atoms with Gasteiger partial charge in [0.15, 0.2) is 0 Å². The summed E-state index contributed by atoms with van der Waals surface area (Å²) in [5.74, 6) is 1.27. The molecule has 240 valence electrons. The van der Waals surface area contributed by atoms with E-state index in [9.17, 15) is 9.90 Å². The molecule has 1 saturated carbocycles. The van der Waals surface area contributed by atoms with Gasteiger partial charge in [-0.15, -0.1) is 0 Å². The number of benzene rings is 3. The number of rotatable bonds is 10. The number of carboxylic acid groups (broad SMARTS) is 1. The van der Waals surface area contributed by atoms with Crippen LogP contribution in [0.5, 0.6) is 5.75 Å². The minimum absolute atomic E-state index is 0.331. The summed E-state index contributed by atoms with van der Waals surface area (Å²) in [6, 6.07) is 26.3. The Labute approximate surface area is 275 Å². The van der Waals surface area contributed by atoms with Crippen LogP contribution in [0.3, 0.4) is 0 Å². The molecule has 0 radical (unpaired) electrons. The molecule has 0 saturated heterocycles. The molecule has 1 fully saturated rings. The molecule has 0 spiro atoms. The van der Waals surface area contributed by atoms with Crippen LogP contribution in [0.25, 0.3) is 27.5 Å². The molecule has 5 aromatic rings. The summed E-state index contributed by atoms with van der Waals surface area (Å²) >= 11 is 0. The van der Waals surface area contributed by atoms with Gasteiger partial charge >= 0.3 is 5.97 Å². The number of aliphatic carboxylic acids is 1. The quantitative estimate of drug-likeness (QED) is 0.128. The van der Waals surface area contributed by atoms with Gasteiger partial charge in [-0.05, 0) is 67.4 Å². The van der Waals surface area contributed by atoms with Crippen LogP contribution in [0.15, 0.2) is 95.0 Å². The highest BCUT2D eigenvalue weighted by molar-refractivity contribution is 5.85. The van der Waals surface area contributed by atoms with Gasteiger partial charge in [0.2, 0.25) is 5.96 Å². The topological polar surface area (TPSA) is 105 Å². The van der Waals surface area contributed by atoms with Crippen LogP contribution in [0.1, 0.15) is 55.3 Å². The predicted octanol–water partition coefficient (Wildman–Crippen LogP) is 7.38. The Kier molecular flexibility index (Phi) is 9.15. The van der Waals surface area contributed by atoms with Gasteiger partial charge in [-0.1, -0.05) is 61.4 Å². The van der Waals surface area contributed by atoms with E-state index in [-0.39, 0.29) is 0 Å². The third-order valence-corrected chi connectivity index (χ3v) is 9.02. The molecule has 0 unspecified atom stereocenters. The van der Waals surface area contributed by atoms with E-state index in [1.165, 1.54) is 0 Å². The fraction of sp³-hybridized carbons (Fsp3) is 0.289. The first-order valence-corrected chi connectivity index (χ1v) is 15.9. The number of allylic oxidation sites excluding steroid dienone is 1. The lowest BCUT2D eigenvalue weighted by atomic mass is 9.82. The van der Waals surface area contributed by atoms with Crippen molar-refractivity contribution in [1.82, 2.24) is 19.4 Å². The van der Waals surface area contributed by atoms with E-state index in [0.29, 0.717) is 44.1 Å². The molecule has 2 aromatic heterocycles. The first-order valence-electron chi connectivity index (χ1n) is 15.9. The van der Waals surface area contributed by atoms with Gasteiger partial charge in [0.05, 0.1) is 27.7 Å². The maximum Gasteiger partial charge on any atom is 0.310 e. The van der Waals surface area contributed by atoms with Crippen LogP contribution in [0.2, 0.25) is 0 Å². The first-order chi connectivity index (χ1) is 22.7. The summed E-state index contributed by atoms with van der Waals surface area (Å²) < 4.78 is 8.33. The molecule has 6 rings (SSSR count). The fourth-order valence-corrected chi connectivity index (χ4v) is 6.31. The highest BCUT2D eigenvalue weighted by Gasteiger charge is 2.42. The number of hydrogen-bond donors (Lipinski definition) is 1. The summed E-state index contributed by atoms with van der Waals surface area (Å²) in [5, 5.41) is 11.4. The zero-order valence-corrected chi connectivity index (χ0v) is 27.2. The molecule has 0 amide bonds. The summed E-state index contributed by atoms with van der Waals surface area (Å²) in [5.41, 5.74) is 5.85. The van der Waals surface area contributed by atoms with Crippen molar-refractivity contribution >= 4 is 46.2 Å². The van der Waals surface area contributed by atoms with Crippen molar-refractivity contribution in [1.29, 1.82) is 0 Å². The maximum atomic E-state index is 12.5. The van der Waals surface area contributed by atoms with Crippen LogP contribution < -0.4 is 4.74 Å². The molecule has 3 aromatic carbocycles. The van der Waals surface area contributed by atoms with E-state index in [0.717, 1.165) is 63.0 Å². The monoisotopic (exact) mass is 628 g/mol. The maximum absolute atomic E-state index is 12.5. The van der Waals surface area contributed by atoms with Crippen molar-refractivity contribution in [2.75, 3.05) is 14.1 Å². The van der Waals surface area contributed by atoms with Gasteiger partial charge in [0, 0.05) is 44.7 Å². The fourth-order valence-electron chi connectivity index (χ4n) is 6.31. The molecule has 2 heterocycles. The van der Waals surface area contributed by atoms with Gasteiger partial charge in [-0.2, -0.15) is 0 Å². The third-order valence-electron chi connectivity index (χ3n) is 9.02. The number of nitrogens with zero attached hydrogens (tertiary/aromatic N) is 6. The molecule has 9 heteroatoms. The Balaban J connectivity index is 1.28. The Bertz CT molecular complexity index is 1980. The largest absolute Gasteiger partial charge is 0.487 e. The lowest BCUT2D eigenvalue weighted by molar-refractivity contribution is -0.148. The number of hydrogen-bond acceptors (Lipinski definition) is 5. The summed E-state index contributed by atoms with van der Waals surface area (Å²) in [6.45, 7) is 6.50. The van der Waals surface area contributed by atoms with Gasteiger partial charge in [-0.3, -0.25) is 4.79 Å². The molecule has 0 bridgehead atoms. The van der Waals surface area contributed by atoms with E-state index in [1.54, 1.807) is 6.20 Å². The lowest BCUT2D eigenvalue weighted by Gasteiger charge is -2.24. The molecular formula is C38H40N6O3. The van der Waals surface area contributed by atoms with E-state index in [4.69, 9.17) is 14.7 Å². The van der Waals surface area contributed by atoms with Crippen molar-refractivity contribution in [2.24, 2.45) is 15.4 Å². The highest BCUT2D eigenvalue weighted by atomic mass is 16.5. The van der Waals surface area contributed by atoms with Crippen molar-refractivity contribution in [3.63, 3.8) is 0 Å². The Morgan fingerprint density at radius 1 is 1.02 bits per heavy atom. The number of aromatic nitrogens is 3. The second-order valence-corrected chi connectivity index (χ2v) is 12.5. The van der Waals surface area contributed by atoms with E-state index in [2.05, 4.69) is 51.6 Å². The first kappa shape index (κ1) is 31.7. The zero-order chi connectivity index (χ0) is 33.0. The lowest BCUT2D eigenvalue weighted by Crippen LogP contribution is -2.31. The van der Waals surface area contributed by atoms with Gasteiger partial charge in [0.25, 0.3) is 0 Å². The number of fused-ring (bicyclic) bond motifs is 2. The third kappa shape index (κ3) is 6.94.